The third-order valence-corrected chi connectivity index (χ3v) is 4.07. The first kappa shape index (κ1) is 12.8. The Hall–Kier alpha value is -0.290. The zero-order valence-corrected chi connectivity index (χ0v) is 11.0. The first-order valence-corrected chi connectivity index (χ1v) is 6.53. The zero-order chi connectivity index (χ0) is 11.4. The van der Waals surface area contributed by atoms with Crippen LogP contribution in [0.5, 0.6) is 0 Å². The summed E-state index contributed by atoms with van der Waals surface area (Å²) in [4.78, 5) is 13.5. The summed E-state index contributed by atoms with van der Waals surface area (Å²) in [5, 5.41) is -0.104. The van der Waals surface area contributed by atoms with Crippen LogP contribution in [0.15, 0.2) is 0 Å². The minimum absolute atomic E-state index is 0.0366. The Labute approximate surface area is 101 Å². The molecule has 0 aromatic heterocycles. The average Bonchev–Trinajstić information content (AvgIpc) is 2.47. The highest BCUT2D eigenvalue weighted by atomic mass is 32.2. The van der Waals surface area contributed by atoms with Crippen LogP contribution in [0.2, 0.25) is 0 Å². The van der Waals surface area contributed by atoms with Crippen molar-refractivity contribution in [1.29, 1.82) is 0 Å². The third-order valence-electron chi connectivity index (χ3n) is 2.39. The molecule has 0 unspecified atom stereocenters. The summed E-state index contributed by atoms with van der Waals surface area (Å²) in [6.07, 6.45) is 0.805. The summed E-state index contributed by atoms with van der Waals surface area (Å²) in [6.45, 7) is 7.82. The fourth-order valence-corrected chi connectivity index (χ4v) is 3.27. The Morgan fingerprint density at radius 3 is 2.60 bits per heavy atom. The first-order valence-electron chi connectivity index (χ1n) is 5.24. The average molecular weight is 247 g/mol. The minimum atomic E-state index is -0.123. The number of thiocarbonyl (C=S) groups is 1. The maximum Gasteiger partial charge on any atom is 0.319 e. The van der Waals surface area contributed by atoms with E-state index in [4.69, 9.17) is 17.0 Å². The summed E-state index contributed by atoms with van der Waals surface area (Å²) in [5.41, 5.74) is 0. The van der Waals surface area contributed by atoms with Gasteiger partial charge in [0.1, 0.15) is 15.7 Å². The fraction of sp³-hybridized carbons (Fsp3) is 0.800. The molecule has 0 radical (unpaired) electrons. The van der Waals surface area contributed by atoms with Gasteiger partial charge in [-0.3, -0.25) is 4.79 Å². The van der Waals surface area contributed by atoms with Crippen LogP contribution < -0.4 is 0 Å². The predicted octanol–water partition coefficient (Wildman–Crippen LogP) is 2.05. The van der Waals surface area contributed by atoms with Gasteiger partial charge in [0.05, 0.1) is 0 Å². The van der Waals surface area contributed by atoms with E-state index in [0.29, 0.717) is 0 Å². The molecule has 0 saturated carbocycles. The second kappa shape index (κ2) is 5.70. The Bertz CT molecular complexity index is 254. The number of hydrogen-bond donors (Lipinski definition) is 0. The number of rotatable bonds is 3. The number of esters is 1. The molecule has 0 aromatic rings. The molecule has 1 heterocycles. The lowest BCUT2D eigenvalue weighted by atomic mass is 10.3. The Kier molecular flexibility index (Phi) is 4.86. The van der Waals surface area contributed by atoms with Crippen LogP contribution in [-0.2, 0) is 9.53 Å². The van der Waals surface area contributed by atoms with E-state index in [9.17, 15) is 4.79 Å². The van der Waals surface area contributed by atoms with E-state index in [1.165, 1.54) is 11.8 Å². The molecule has 0 bridgehead atoms. The maximum atomic E-state index is 11.4. The van der Waals surface area contributed by atoms with Crippen LogP contribution in [0.4, 0.5) is 0 Å². The monoisotopic (exact) mass is 247 g/mol. The molecule has 0 amide bonds. The normalized spacial score (nSPS) is 25.1. The number of hydrogen-bond acceptors (Lipinski definition) is 4. The van der Waals surface area contributed by atoms with E-state index in [-0.39, 0.29) is 17.3 Å². The lowest BCUT2D eigenvalue weighted by Gasteiger charge is -2.21. The molecule has 1 aliphatic rings. The molecule has 1 aliphatic heterocycles. The Balaban J connectivity index is 2.47. The number of nitrogens with zero attached hydrogens (tertiary/aromatic N) is 1. The molecule has 3 nitrogen and oxygen atoms in total. The van der Waals surface area contributed by atoms with Crippen molar-refractivity contribution in [2.75, 3.05) is 13.1 Å². The quantitative estimate of drug-likeness (QED) is 0.562. The van der Waals surface area contributed by atoms with Gasteiger partial charge in [0, 0.05) is 19.5 Å². The van der Waals surface area contributed by atoms with E-state index in [1.807, 2.05) is 6.92 Å². The van der Waals surface area contributed by atoms with E-state index in [0.717, 1.165) is 23.8 Å². The molecule has 1 rings (SSSR count). The van der Waals surface area contributed by atoms with Crippen molar-refractivity contribution >= 4 is 34.3 Å². The molecule has 2 atom stereocenters. The van der Waals surface area contributed by atoms with Crippen LogP contribution in [0.3, 0.4) is 0 Å². The highest BCUT2D eigenvalue weighted by Crippen LogP contribution is 2.28. The van der Waals surface area contributed by atoms with Gasteiger partial charge in [-0.05, 0) is 20.8 Å². The summed E-state index contributed by atoms with van der Waals surface area (Å²) in [7, 11) is 0. The molecule has 1 fully saturated rings. The molecule has 1 saturated heterocycles. The van der Waals surface area contributed by atoms with Gasteiger partial charge in [-0.15, -0.1) is 0 Å². The summed E-state index contributed by atoms with van der Waals surface area (Å²) < 4.78 is 5.89. The molecule has 0 spiro atoms. The van der Waals surface area contributed by atoms with Crippen LogP contribution in [0, 0.1) is 0 Å². The summed E-state index contributed by atoms with van der Waals surface area (Å²) >= 11 is 6.74. The number of carbonyl (C=O) groups excluding carboxylic acids is 1. The lowest BCUT2D eigenvalue weighted by Crippen LogP contribution is -2.29. The smallest absolute Gasteiger partial charge is 0.319 e. The molecular weight excluding hydrogens is 230 g/mol. The van der Waals surface area contributed by atoms with Gasteiger partial charge < -0.3 is 9.64 Å². The number of carbonyl (C=O) groups is 1. The number of thioether (sulfide) groups is 1. The van der Waals surface area contributed by atoms with Gasteiger partial charge in [-0.2, -0.15) is 0 Å². The highest BCUT2D eigenvalue weighted by Gasteiger charge is 2.33. The predicted molar refractivity (Wildman–Crippen MR) is 67.1 cm³/mol. The van der Waals surface area contributed by atoms with Gasteiger partial charge >= 0.3 is 5.97 Å². The Morgan fingerprint density at radius 2 is 2.20 bits per heavy atom. The Morgan fingerprint density at radius 1 is 1.60 bits per heavy atom. The van der Waals surface area contributed by atoms with Crippen molar-refractivity contribution in [2.24, 2.45) is 0 Å². The van der Waals surface area contributed by atoms with E-state index < -0.39 is 0 Å². The standard InChI is InChI=1S/C10H17NO2S2/c1-4-11(5-2)10(14)15-8-6-7(3)13-9(8)12/h7-8H,4-6H2,1-3H3/t7-,8+/m1/s1. The van der Waals surface area contributed by atoms with Crippen molar-refractivity contribution in [2.45, 2.75) is 38.5 Å². The van der Waals surface area contributed by atoms with E-state index in [2.05, 4.69) is 18.7 Å². The SMILES string of the molecule is CCN(CC)C(=S)S[C@H]1C[C@@H](C)OC1=O. The first-order chi connectivity index (χ1) is 7.08. The maximum absolute atomic E-state index is 11.4. The fourth-order valence-electron chi connectivity index (χ4n) is 1.49. The van der Waals surface area contributed by atoms with E-state index >= 15 is 0 Å². The molecule has 15 heavy (non-hydrogen) atoms. The third kappa shape index (κ3) is 3.34. The molecule has 5 heteroatoms. The van der Waals surface area contributed by atoms with Crippen molar-refractivity contribution in [3.8, 4) is 0 Å². The summed E-state index contributed by atoms with van der Waals surface area (Å²) in [6, 6.07) is 0. The van der Waals surface area contributed by atoms with Crippen LogP contribution in [-0.4, -0.2) is 39.6 Å². The molecule has 86 valence electrons. The van der Waals surface area contributed by atoms with E-state index in [1.54, 1.807) is 0 Å². The van der Waals surface area contributed by atoms with Gasteiger partial charge in [-0.1, -0.05) is 24.0 Å². The van der Waals surface area contributed by atoms with Crippen molar-refractivity contribution in [1.82, 2.24) is 4.90 Å². The zero-order valence-electron chi connectivity index (χ0n) is 9.36. The van der Waals surface area contributed by atoms with Crippen molar-refractivity contribution in [3.05, 3.63) is 0 Å². The second-order valence-electron chi connectivity index (χ2n) is 3.53. The number of ether oxygens (including phenoxy) is 1. The number of cyclic esters (lactones) is 1. The molecular formula is C10H17NO2S2. The minimum Gasteiger partial charge on any atom is -0.462 e. The second-order valence-corrected chi connectivity index (χ2v) is 5.36. The van der Waals surface area contributed by atoms with Gasteiger partial charge in [0.15, 0.2) is 0 Å². The largest absolute Gasteiger partial charge is 0.462 e. The van der Waals surface area contributed by atoms with Crippen LogP contribution in [0.25, 0.3) is 0 Å². The molecule has 0 aliphatic carbocycles. The van der Waals surface area contributed by atoms with Gasteiger partial charge in [-0.25, -0.2) is 0 Å². The van der Waals surface area contributed by atoms with Crippen molar-refractivity contribution < 1.29 is 9.53 Å². The topological polar surface area (TPSA) is 29.5 Å². The van der Waals surface area contributed by atoms with Crippen LogP contribution in [0.1, 0.15) is 27.2 Å². The lowest BCUT2D eigenvalue weighted by molar-refractivity contribution is -0.140. The molecule has 0 aromatic carbocycles. The summed E-state index contributed by atoms with van der Waals surface area (Å²) in [5.74, 6) is -0.123. The van der Waals surface area contributed by atoms with Gasteiger partial charge in [0.25, 0.3) is 0 Å². The highest BCUT2D eigenvalue weighted by molar-refractivity contribution is 8.23. The van der Waals surface area contributed by atoms with Gasteiger partial charge in [0.2, 0.25) is 0 Å². The van der Waals surface area contributed by atoms with Crippen molar-refractivity contribution in [3.63, 3.8) is 0 Å². The molecule has 0 N–H and O–H groups in total. The van der Waals surface area contributed by atoms with Crippen LogP contribution >= 0.6 is 24.0 Å².